The number of benzene rings is 1. The fourth-order valence-electron chi connectivity index (χ4n) is 1.60. The third-order valence-electron chi connectivity index (χ3n) is 2.54. The van der Waals surface area contributed by atoms with Crippen molar-refractivity contribution in [1.82, 2.24) is 5.10 Å². The van der Waals surface area contributed by atoms with Gasteiger partial charge < -0.3 is 12.4 Å². The van der Waals surface area contributed by atoms with Gasteiger partial charge in [-0.25, -0.2) is 5.10 Å². The Balaban J connectivity index is 0.00000144. The predicted molar refractivity (Wildman–Crippen MR) is 65.8 cm³/mol. The highest BCUT2D eigenvalue weighted by Gasteiger charge is 2.13. The Morgan fingerprint density at radius 1 is 1.35 bits per heavy atom. The Labute approximate surface area is 116 Å². The predicted octanol–water partition coefficient (Wildman–Crippen LogP) is -0.379. The highest BCUT2D eigenvalue weighted by atomic mass is 35.5. The molecule has 0 atom stereocenters. The standard InChI is InChI=1S/C11H11Cl2N3.ClH/c1-6-9(11(14)16-15-6)4-7-2-3-8(12)5-10(7)13;/h2-3,5H,4H2,1H3,(H3,14,15,16);1H. The molecule has 3 nitrogen and oxygen atoms in total. The largest absolute Gasteiger partial charge is 1.00 e. The lowest BCUT2D eigenvalue weighted by Gasteiger charge is -2.03. The number of aromatic nitrogens is 2. The number of anilines is 1. The zero-order valence-electron chi connectivity index (χ0n) is 9.15. The molecule has 0 fully saturated rings. The van der Waals surface area contributed by atoms with Gasteiger partial charge in [-0.2, -0.15) is 5.10 Å². The summed E-state index contributed by atoms with van der Waals surface area (Å²) in [6.07, 6.45) is 0.688. The molecule has 17 heavy (non-hydrogen) atoms. The van der Waals surface area contributed by atoms with Crippen LogP contribution in [0, 0.1) is 6.92 Å². The van der Waals surface area contributed by atoms with E-state index < -0.39 is 0 Å². The summed E-state index contributed by atoms with van der Waals surface area (Å²) in [4.78, 5) is 0. The minimum atomic E-state index is 0. The van der Waals surface area contributed by atoms with Crippen LogP contribution in [0.3, 0.4) is 0 Å². The molecular weight excluding hydrogens is 281 g/mol. The second-order valence-corrected chi connectivity index (χ2v) is 4.52. The molecule has 0 radical (unpaired) electrons. The molecular formula is C11H12Cl3N3. The van der Waals surface area contributed by atoms with Crippen molar-refractivity contribution in [2.24, 2.45) is 0 Å². The van der Waals surface area contributed by atoms with Crippen molar-refractivity contribution in [2.45, 2.75) is 13.3 Å². The molecule has 0 bridgehead atoms. The molecule has 0 aliphatic carbocycles. The smallest absolute Gasteiger partial charge is 0.294 e. The second kappa shape index (κ2) is 5.63. The average molecular weight is 293 g/mol. The maximum absolute atomic E-state index is 6.11. The monoisotopic (exact) mass is 291 g/mol. The summed E-state index contributed by atoms with van der Waals surface area (Å²) in [5.41, 5.74) is 8.87. The fourth-order valence-corrected chi connectivity index (χ4v) is 2.07. The number of aryl methyl sites for hydroxylation is 1. The first-order chi connectivity index (χ1) is 7.58. The van der Waals surface area contributed by atoms with Crippen LogP contribution >= 0.6 is 23.2 Å². The zero-order valence-corrected chi connectivity index (χ0v) is 11.4. The van der Waals surface area contributed by atoms with Gasteiger partial charge in [-0.05, 0) is 24.6 Å². The quantitative estimate of drug-likeness (QED) is 0.779. The van der Waals surface area contributed by atoms with Gasteiger partial charge in [-0.15, -0.1) is 0 Å². The minimum absolute atomic E-state index is 0. The molecule has 4 N–H and O–H groups in total. The van der Waals surface area contributed by atoms with Gasteiger partial charge in [-0.3, -0.25) is 5.73 Å². The van der Waals surface area contributed by atoms with Crippen molar-refractivity contribution >= 4 is 29.0 Å². The van der Waals surface area contributed by atoms with Crippen LogP contribution in [0.1, 0.15) is 16.8 Å². The molecule has 0 aliphatic rings. The summed E-state index contributed by atoms with van der Waals surface area (Å²) in [5, 5.41) is 7.14. The lowest BCUT2D eigenvalue weighted by Crippen LogP contribution is -3.00. The first kappa shape index (κ1) is 14.2. The van der Waals surface area contributed by atoms with E-state index in [2.05, 4.69) is 10.2 Å². The normalized spacial score (nSPS) is 10.1. The molecule has 1 aromatic carbocycles. The molecule has 0 saturated heterocycles. The molecule has 6 heteroatoms. The number of nitrogens with two attached hydrogens (primary N) is 1. The molecule has 1 heterocycles. The Kier molecular flexibility index (Phi) is 4.69. The Bertz CT molecular complexity index is 503. The van der Waals surface area contributed by atoms with E-state index in [9.17, 15) is 0 Å². The molecule has 2 aromatic rings. The first-order valence-electron chi connectivity index (χ1n) is 4.86. The summed E-state index contributed by atoms with van der Waals surface area (Å²) in [6, 6.07) is 5.47. The summed E-state index contributed by atoms with van der Waals surface area (Å²) < 4.78 is 0. The van der Waals surface area contributed by atoms with Gasteiger partial charge >= 0.3 is 0 Å². The number of hydrogen-bond donors (Lipinski definition) is 2. The summed E-state index contributed by atoms with van der Waals surface area (Å²) in [5.74, 6) is 0.642. The molecule has 0 unspecified atom stereocenters. The third kappa shape index (κ3) is 3.06. The van der Waals surface area contributed by atoms with E-state index in [0.717, 1.165) is 16.8 Å². The molecule has 92 valence electrons. The average Bonchev–Trinajstić information content (AvgIpc) is 2.53. The van der Waals surface area contributed by atoms with E-state index in [1.165, 1.54) is 0 Å². The number of rotatable bonds is 2. The third-order valence-corrected chi connectivity index (χ3v) is 3.13. The van der Waals surface area contributed by atoms with Crippen LogP contribution in [0.25, 0.3) is 0 Å². The number of nitrogen functional groups attached to an aromatic ring is 1. The van der Waals surface area contributed by atoms with E-state index in [1.807, 2.05) is 19.1 Å². The van der Waals surface area contributed by atoms with E-state index >= 15 is 0 Å². The Morgan fingerprint density at radius 3 is 2.59 bits per heavy atom. The summed E-state index contributed by atoms with van der Waals surface area (Å²) >= 11 is 11.9. The maximum atomic E-state index is 6.11. The van der Waals surface area contributed by atoms with Crippen molar-refractivity contribution in [2.75, 3.05) is 5.73 Å². The maximum Gasteiger partial charge on any atom is 0.294 e. The van der Waals surface area contributed by atoms with Gasteiger partial charge in [0.05, 0.1) is 11.3 Å². The number of halogens is 3. The molecule has 1 aromatic heterocycles. The SMILES string of the molecule is Cc1[nH][nH+]c(N)c1Cc1ccc(Cl)cc1Cl.[Cl-]. The van der Waals surface area contributed by atoms with Crippen molar-refractivity contribution in [3.63, 3.8) is 0 Å². The van der Waals surface area contributed by atoms with Crippen LogP contribution < -0.4 is 23.2 Å². The van der Waals surface area contributed by atoms with Crippen molar-refractivity contribution < 1.29 is 17.5 Å². The van der Waals surface area contributed by atoms with E-state index in [1.54, 1.807) is 6.07 Å². The van der Waals surface area contributed by atoms with Crippen molar-refractivity contribution in [1.29, 1.82) is 0 Å². The van der Waals surface area contributed by atoms with Gasteiger partial charge in [-0.1, -0.05) is 29.3 Å². The topological polar surface area (TPSA) is 56.0 Å². The highest BCUT2D eigenvalue weighted by molar-refractivity contribution is 6.35. The van der Waals surface area contributed by atoms with Gasteiger partial charge in [0.25, 0.3) is 5.82 Å². The van der Waals surface area contributed by atoms with Crippen LogP contribution in [-0.4, -0.2) is 5.10 Å². The lowest BCUT2D eigenvalue weighted by molar-refractivity contribution is -0.434. The van der Waals surface area contributed by atoms with Gasteiger partial charge in [0.2, 0.25) is 0 Å². The number of H-pyrrole nitrogens is 2. The molecule has 0 saturated carbocycles. The number of nitrogens with one attached hydrogen (secondary N) is 2. The van der Waals surface area contributed by atoms with Gasteiger partial charge in [0.15, 0.2) is 0 Å². The Hall–Kier alpha value is -0.900. The van der Waals surface area contributed by atoms with E-state index in [4.69, 9.17) is 28.9 Å². The van der Waals surface area contributed by atoms with E-state index in [-0.39, 0.29) is 12.4 Å². The highest BCUT2D eigenvalue weighted by Crippen LogP contribution is 2.25. The fraction of sp³-hybridized carbons (Fsp3) is 0.182. The van der Waals surface area contributed by atoms with Crippen LogP contribution in [0.2, 0.25) is 10.0 Å². The summed E-state index contributed by atoms with van der Waals surface area (Å²) in [7, 11) is 0. The van der Waals surface area contributed by atoms with Crippen LogP contribution in [0.15, 0.2) is 18.2 Å². The molecule has 0 spiro atoms. The first-order valence-corrected chi connectivity index (χ1v) is 5.62. The van der Waals surface area contributed by atoms with Crippen LogP contribution in [0.4, 0.5) is 5.82 Å². The minimum Gasteiger partial charge on any atom is -1.00 e. The van der Waals surface area contributed by atoms with E-state index in [0.29, 0.717) is 22.3 Å². The second-order valence-electron chi connectivity index (χ2n) is 3.68. The molecule has 0 amide bonds. The van der Waals surface area contributed by atoms with Crippen LogP contribution in [-0.2, 0) is 6.42 Å². The number of aromatic amines is 2. The lowest BCUT2D eigenvalue weighted by atomic mass is 10.1. The summed E-state index contributed by atoms with van der Waals surface area (Å²) in [6.45, 7) is 1.96. The van der Waals surface area contributed by atoms with Gasteiger partial charge in [0, 0.05) is 16.5 Å². The zero-order chi connectivity index (χ0) is 11.7. The molecule has 0 aliphatic heterocycles. The number of hydrogen-bond acceptors (Lipinski definition) is 1. The molecule has 2 rings (SSSR count). The van der Waals surface area contributed by atoms with Gasteiger partial charge in [0.1, 0.15) is 0 Å². The van der Waals surface area contributed by atoms with Crippen LogP contribution in [0.5, 0.6) is 0 Å². The van der Waals surface area contributed by atoms with Crippen molar-refractivity contribution in [3.8, 4) is 0 Å². The Morgan fingerprint density at radius 2 is 2.06 bits per heavy atom. The van der Waals surface area contributed by atoms with Crippen molar-refractivity contribution in [3.05, 3.63) is 45.1 Å².